The largest absolute Gasteiger partial charge is 0.481 e. The minimum absolute atomic E-state index is 0. The van der Waals surface area contributed by atoms with Crippen LogP contribution in [-0.4, -0.2) is 181 Å². The summed E-state index contributed by atoms with van der Waals surface area (Å²) in [4.78, 5) is 102. The van der Waals surface area contributed by atoms with Crippen LogP contribution < -0.4 is 15.4 Å². The number of ether oxygens (including phenoxy) is 6. The number of carbonyl (C=O) groups is 8. The maximum atomic E-state index is 12.8. The number of rotatable bonds is 18. The van der Waals surface area contributed by atoms with E-state index in [1.54, 1.807) is 117 Å². The van der Waals surface area contributed by atoms with Crippen LogP contribution in [-0.2, 0) is 80.3 Å². The van der Waals surface area contributed by atoms with Crippen molar-refractivity contribution < 1.29 is 88.7 Å². The minimum Gasteiger partial charge on any atom is -0.481 e. The second kappa shape index (κ2) is 42.3. The van der Waals surface area contributed by atoms with Crippen LogP contribution >= 0.6 is 12.4 Å². The lowest BCUT2D eigenvalue weighted by Gasteiger charge is -2.24. The molecule has 0 radical (unpaired) electrons. The lowest BCUT2D eigenvalue weighted by molar-refractivity contribution is -0.146. The number of aryl methyl sites for hydroxylation is 1. The smallest absolute Gasteiger partial charge is 0.412 e. The molecule has 4 heterocycles. The van der Waals surface area contributed by atoms with E-state index in [2.05, 4.69) is 22.8 Å². The molecule has 0 saturated carbocycles. The van der Waals surface area contributed by atoms with Gasteiger partial charge in [-0.1, -0.05) is 178 Å². The molecule has 111 heavy (non-hydrogen) atoms. The number of halogens is 1. The summed E-state index contributed by atoms with van der Waals surface area (Å²) in [5.41, 5.74) is 4.76. The molecule has 27 heteroatoms. The van der Waals surface area contributed by atoms with Gasteiger partial charge in [-0.2, -0.15) is 0 Å². The number of para-hydroxylation sites is 1. The molecule has 4 fully saturated rings. The van der Waals surface area contributed by atoms with Crippen LogP contribution in [0, 0.1) is 23.7 Å². The lowest BCUT2D eigenvalue weighted by atomic mass is 9.89. The first kappa shape index (κ1) is 89.7. The van der Waals surface area contributed by atoms with Crippen LogP contribution in [0.1, 0.15) is 119 Å². The Kier molecular flexibility index (Phi) is 34.2. The van der Waals surface area contributed by atoms with E-state index in [0.29, 0.717) is 62.8 Å². The van der Waals surface area contributed by atoms with Crippen LogP contribution in [0.5, 0.6) is 5.75 Å². The second-order valence-electron chi connectivity index (χ2n) is 28.8. The highest BCUT2D eigenvalue weighted by molar-refractivity contribution is 7.91. The molecular weight excluding hydrogens is 1480 g/mol. The number of benzene rings is 7. The summed E-state index contributed by atoms with van der Waals surface area (Å²) in [5, 5.41) is 15.2. The first-order valence-corrected chi connectivity index (χ1v) is 39.8. The van der Waals surface area contributed by atoms with E-state index in [0.717, 1.165) is 34.4 Å². The Labute approximate surface area is 658 Å². The summed E-state index contributed by atoms with van der Waals surface area (Å²) in [7, 11) is -2.23. The Morgan fingerprint density at radius 3 is 1.16 bits per heavy atom. The highest BCUT2D eigenvalue weighted by Crippen LogP contribution is 2.37. The third-order valence-corrected chi connectivity index (χ3v) is 22.4. The first-order valence-electron chi connectivity index (χ1n) is 36.5. The Morgan fingerprint density at radius 2 is 0.784 bits per heavy atom. The molecule has 598 valence electrons. The number of nitrogens with zero attached hydrogens (tertiary/aromatic N) is 3. The Balaban J connectivity index is 0.000000219. The third-order valence-electron chi connectivity index (χ3n) is 18.9. The van der Waals surface area contributed by atoms with Gasteiger partial charge in [-0.25, -0.2) is 31.2 Å². The van der Waals surface area contributed by atoms with E-state index in [4.69, 9.17) is 28.4 Å². The quantitative estimate of drug-likeness (QED) is 0.0531. The Hall–Kier alpha value is -10.2. The van der Waals surface area contributed by atoms with Crippen molar-refractivity contribution in [1.29, 1.82) is 0 Å². The van der Waals surface area contributed by atoms with E-state index in [-0.39, 0.29) is 113 Å². The summed E-state index contributed by atoms with van der Waals surface area (Å²) >= 11 is 0. The van der Waals surface area contributed by atoms with Gasteiger partial charge in [0.2, 0.25) is 5.91 Å². The van der Waals surface area contributed by atoms with Gasteiger partial charge in [-0.05, 0) is 118 Å². The fraction of sp³-hybridized carbons (Fsp3) is 0.405. The number of amides is 4. The van der Waals surface area contributed by atoms with Crippen molar-refractivity contribution in [3.8, 4) is 5.75 Å². The number of carbonyl (C=O) groups excluding carboxylic acids is 7. The van der Waals surface area contributed by atoms with Crippen molar-refractivity contribution in [3.63, 3.8) is 0 Å². The number of hydrogen-bond acceptors (Lipinski definition) is 19. The van der Waals surface area contributed by atoms with Gasteiger partial charge < -0.3 is 58.9 Å². The van der Waals surface area contributed by atoms with Gasteiger partial charge >= 0.3 is 42.2 Å². The summed E-state index contributed by atoms with van der Waals surface area (Å²) in [6, 6.07) is 60.9. The summed E-state index contributed by atoms with van der Waals surface area (Å²) in [5.74, 6) is -2.50. The van der Waals surface area contributed by atoms with Gasteiger partial charge in [0.25, 0.3) is 0 Å². The molecule has 7 aromatic rings. The molecule has 0 aromatic heterocycles. The highest BCUT2D eigenvalue weighted by atomic mass is 35.5. The summed E-state index contributed by atoms with van der Waals surface area (Å²) < 4.78 is 77.7. The zero-order valence-electron chi connectivity index (χ0n) is 64.7. The van der Waals surface area contributed by atoms with Crippen LogP contribution in [0.25, 0.3) is 0 Å². The van der Waals surface area contributed by atoms with Crippen LogP contribution in [0.15, 0.2) is 210 Å². The molecular formula is C84H104ClN5O19S2. The van der Waals surface area contributed by atoms with Crippen molar-refractivity contribution in [2.75, 3.05) is 85.2 Å². The molecule has 3 N–H and O–H groups in total. The van der Waals surface area contributed by atoms with Crippen molar-refractivity contribution in [3.05, 3.63) is 234 Å². The summed E-state index contributed by atoms with van der Waals surface area (Å²) in [6.45, 7) is 18.1. The minimum atomic E-state index is -3.23. The van der Waals surface area contributed by atoms with Crippen molar-refractivity contribution in [2.24, 2.45) is 23.7 Å². The lowest BCUT2D eigenvalue weighted by Crippen LogP contribution is -2.36. The predicted molar refractivity (Wildman–Crippen MR) is 423 cm³/mol. The average Bonchev–Trinajstić information content (AvgIpc) is 1.74. The number of aliphatic carboxylic acids is 1. The molecule has 7 aromatic carbocycles. The number of carboxylic acid groups (broad SMARTS) is 1. The Morgan fingerprint density at radius 1 is 0.441 bits per heavy atom. The van der Waals surface area contributed by atoms with Gasteiger partial charge in [0.1, 0.15) is 17.0 Å². The molecule has 11 rings (SSSR count). The zero-order valence-corrected chi connectivity index (χ0v) is 67.2. The summed E-state index contributed by atoms with van der Waals surface area (Å²) in [6.07, 6.45) is -0.584. The SMILES string of the molecule is CC(C)(C)OC(=O)N1C[C@H](C(=O)O)[C@@H](c2ccccc2)C1.CCS(=O)(=O)c1ccc(CCC(=O)N2C[C@H](C(=O)OC)[C@@H](c3ccccc3)C2)cc1.CCS(=O)(=O)c1ccc(CNC(=O)Oc2ccccc2)cc1.COC(=O)[C@H]1CN(C(=O)OC(C)(C)C)C[C@@H]1c1ccccc1.COC(=O)[C@H]1CNC[C@@H]1c1ccccc1.Cl. The molecule has 0 spiro atoms. The molecule has 8 atom stereocenters. The third kappa shape index (κ3) is 27.1. The van der Waals surface area contributed by atoms with Crippen molar-refractivity contribution >= 4 is 80.1 Å². The van der Waals surface area contributed by atoms with Crippen LogP contribution in [0.2, 0.25) is 0 Å². The van der Waals surface area contributed by atoms with Gasteiger partial charge in [-0.3, -0.25) is 24.0 Å². The monoisotopic (exact) mass is 1590 g/mol. The number of likely N-dealkylation sites (tertiary alicyclic amines) is 3. The number of sulfone groups is 2. The van der Waals surface area contributed by atoms with Gasteiger partial charge in [0.15, 0.2) is 19.7 Å². The van der Waals surface area contributed by atoms with E-state index < -0.39 is 55.0 Å². The zero-order chi connectivity index (χ0) is 80.3. The van der Waals surface area contributed by atoms with E-state index in [1.165, 1.54) is 31.8 Å². The topological polar surface area (TPSA) is 314 Å². The molecule has 4 aliphatic rings. The Bertz CT molecular complexity index is 4390. The second-order valence-corrected chi connectivity index (χ2v) is 33.3. The standard InChI is InChI=1S/C23H27NO5S.C17H23NO4.C16H17NO4S.C16H21NO4.C12H15NO2.ClH/c1-3-30(27,28)19-12-9-17(10-13-19)11-14-22(25)24-15-20(18-7-5-4-6-8-18)21(16-24)23(26)29-2;1-17(2,3)22-16(20)18-10-13(12-8-6-5-7-9-12)14(11-18)15(19)21-4;1-2-22(19,20)15-10-8-13(9-11-15)12-17-16(18)21-14-6-4-3-5-7-14;1-16(2,3)21-15(20)17-9-12(13(10-17)14(18)19)11-7-5-4-6-8-11;1-15-12(14)11-8-13-7-10(11)9-5-3-2-4-6-9;/h4-10,12-13,20-21H,3,11,14-16H2,1-2H3;5-9,13-14H,10-11H2,1-4H3;3-11H,2,12H2,1H3,(H,17,18);4-8,12-13H,9-10H2,1-3H3,(H,18,19);2-6,10-11,13H,7-8H2,1H3;1H/t20-,21+;13-,14+;;12-,13+;10-,11+;/m11.11./s1. The number of methoxy groups -OCH3 is 3. The van der Waals surface area contributed by atoms with Crippen molar-refractivity contribution in [1.82, 2.24) is 25.3 Å². The van der Waals surface area contributed by atoms with Crippen LogP contribution in [0.4, 0.5) is 14.4 Å². The molecule has 0 unspecified atom stereocenters. The average molecular weight is 1590 g/mol. The predicted octanol–water partition coefficient (Wildman–Crippen LogP) is 12.7. The maximum Gasteiger partial charge on any atom is 0.412 e. The van der Waals surface area contributed by atoms with E-state index in [9.17, 15) is 60.3 Å². The number of carboxylic acids is 1. The molecule has 4 amide bonds. The number of hydrogen-bond donors (Lipinski definition) is 3. The highest BCUT2D eigenvalue weighted by Gasteiger charge is 2.45. The number of nitrogens with one attached hydrogen (secondary N) is 2. The normalized spacial score (nSPS) is 19.1. The fourth-order valence-electron chi connectivity index (χ4n) is 13.1. The molecule has 4 saturated heterocycles. The number of esters is 3. The van der Waals surface area contributed by atoms with E-state index >= 15 is 0 Å². The molecule has 0 aliphatic carbocycles. The fourth-order valence-corrected chi connectivity index (χ4v) is 14.8. The van der Waals surface area contributed by atoms with E-state index in [1.807, 2.05) is 136 Å². The van der Waals surface area contributed by atoms with Crippen LogP contribution in [0.3, 0.4) is 0 Å². The molecule has 0 bridgehead atoms. The van der Waals surface area contributed by atoms with Gasteiger partial charge in [-0.15, -0.1) is 12.4 Å². The molecule has 24 nitrogen and oxygen atoms in total. The van der Waals surface area contributed by atoms with Gasteiger partial charge in [0.05, 0.1) is 66.3 Å². The van der Waals surface area contributed by atoms with Gasteiger partial charge in [0, 0.05) is 89.0 Å². The first-order chi connectivity index (χ1) is 52.3. The maximum absolute atomic E-state index is 12.8. The molecule has 4 aliphatic heterocycles. The van der Waals surface area contributed by atoms with Crippen molar-refractivity contribution in [2.45, 2.75) is 119 Å².